The van der Waals surface area contributed by atoms with E-state index < -0.39 is 10.3 Å². The monoisotopic (exact) mass is 594 g/mol. The molecule has 0 spiro atoms. The van der Waals surface area contributed by atoms with Crippen molar-refractivity contribution >= 4 is 10.3 Å². The van der Waals surface area contributed by atoms with E-state index >= 15 is 0 Å². The van der Waals surface area contributed by atoms with E-state index in [2.05, 4.69) is 19.9 Å². The second-order valence-electron chi connectivity index (χ2n) is 12.6. The summed E-state index contributed by atoms with van der Waals surface area (Å²) in [5.41, 5.74) is 1.87. The number of nitrogens with zero attached hydrogens (tertiary/aromatic N) is 1. The first-order valence-electron chi connectivity index (χ1n) is 18.0. The van der Waals surface area contributed by atoms with Gasteiger partial charge in [0.25, 0.3) is 0 Å². The van der Waals surface area contributed by atoms with Crippen LogP contribution >= 0.6 is 0 Å². The summed E-state index contributed by atoms with van der Waals surface area (Å²) >= 11 is 0. The highest BCUT2D eigenvalue weighted by Crippen LogP contribution is 2.17. The van der Waals surface area contributed by atoms with Crippen LogP contribution in [0.1, 0.15) is 198 Å². The predicted octanol–water partition coefficient (Wildman–Crippen LogP) is 11.3. The van der Waals surface area contributed by atoms with Crippen LogP contribution in [0.2, 0.25) is 0 Å². The van der Waals surface area contributed by atoms with Crippen LogP contribution in [-0.4, -0.2) is 13.0 Å². The third-order valence-electron chi connectivity index (χ3n) is 8.72. The fourth-order valence-electron chi connectivity index (χ4n) is 6.10. The van der Waals surface area contributed by atoms with Crippen molar-refractivity contribution in [1.29, 1.82) is 0 Å². The van der Waals surface area contributed by atoms with Crippen LogP contribution in [-0.2, 0) is 23.1 Å². The summed E-state index contributed by atoms with van der Waals surface area (Å²) in [7, 11) is -4.26. The number of hydrogen-bond acceptors (Lipinski definition) is 2. The van der Waals surface area contributed by atoms with E-state index in [4.69, 9.17) is 0 Å². The van der Waals surface area contributed by atoms with Gasteiger partial charge in [0, 0.05) is 18.1 Å². The molecular weight excluding hydrogens is 526 g/mol. The summed E-state index contributed by atoms with van der Waals surface area (Å²) in [5, 5.41) is 0. The number of pyridine rings is 1. The number of aryl methyl sites for hydroxylation is 1. The second-order valence-corrected chi connectivity index (χ2v) is 13.9. The van der Waals surface area contributed by atoms with Crippen molar-refractivity contribution < 1.29 is 16.9 Å². The van der Waals surface area contributed by atoms with E-state index in [9.17, 15) is 13.0 Å². The average Bonchev–Trinajstić information content (AvgIpc) is 2.95. The molecule has 1 aromatic rings. The van der Waals surface area contributed by atoms with Gasteiger partial charge < -0.3 is 0 Å². The summed E-state index contributed by atoms with van der Waals surface area (Å²) in [6.07, 6.45) is 38.8. The Hall–Kier alpha value is -0.940. The molecule has 0 aliphatic heterocycles. The summed E-state index contributed by atoms with van der Waals surface area (Å²) in [5.74, 6) is 0. The van der Waals surface area contributed by atoms with Gasteiger partial charge in [-0.15, -0.1) is 8.42 Å². The van der Waals surface area contributed by atoms with Crippen molar-refractivity contribution in [2.24, 2.45) is 0 Å². The number of hydrogen-bond donors (Lipinski definition) is 1. The Labute approximate surface area is 256 Å². The molecule has 0 aliphatic rings. The van der Waals surface area contributed by atoms with Gasteiger partial charge in [-0.2, -0.15) is 0 Å². The van der Waals surface area contributed by atoms with Crippen molar-refractivity contribution in [3.05, 3.63) is 29.6 Å². The highest BCUT2D eigenvalue weighted by molar-refractivity contribution is 7.79. The zero-order valence-electron chi connectivity index (χ0n) is 27.4. The Kier molecular flexibility index (Phi) is 24.8. The van der Waals surface area contributed by atoms with Gasteiger partial charge >= 0.3 is 10.3 Å². The highest BCUT2D eigenvalue weighted by atomic mass is 32.2. The second kappa shape index (κ2) is 26.7. The lowest BCUT2D eigenvalue weighted by Crippen LogP contribution is -2.46. The smallest absolute Gasteiger partial charge is 0.233 e. The van der Waals surface area contributed by atoms with Gasteiger partial charge in [-0.05, 0) is 25.3 Å². The summed E-state index contributed by atoms with van der Waals surface area (Å²) < 4.78 is 35.0. The Balaban J connectivity index is 2.15. The highest BCUT2D eigenvalue weighted by Gasteiger charge is 2.25. The largest absolute Gasteiger partial charge is 0.511 e. The Morgan fingerprint density at radius 1 is 0.512 bits per heavy atom. The van der Waals surface area contributed by atoms with Crippen LogP contribution in [0.5, 0.6) is 0 Å². The van der Waals surface area contributed by atoms with Crippen molar-refractivity contribution in [2.75, 3.05) is 0 Å². The first-order valence-corrected chi connectivity index (χ1v) is 19.4. The molecule has 0 fully saturated rings. The van der Waals surface area contributed by atoms with Crippen LogP contribution in [0.15, 0.2) is 18.3 Å². The van der Waals surface area contributed by atoms with Crippen molar-refractivity contribution in [3.63, 3.8) is 0 Å². The molecule has 41 heavy (non-hydrogen) atoms. The maximum atomic E-state index is 12.0. The molecule has 1 N–H and O–H groups in total. The summed E-state index contributed by atoms with van der Waals surface area (Å²) in [6, 6.07) is 3.82. The van der Waals surface area contributed by atoms with Crippen LogP contribution in [0.3, 0.4) is 0 Å². The molecule has 0 aliphatic carbocycles. The number of rotatable bonds is 30. The summed E-state index contributed by atoms with van der Waals surface area (Å²) in [6.45, 7) is 4.53. The van der Waals surface area contributed by atoms with E-state index in [0.717, 1.165) is 40.9 Å². The molecule has 0 saturated heterocycles. The summed E-state index contributed by atoms with van der Waals surface area (Å²) in [4.78, 5) is 0. The molecule has 1 aromatic heterocycles. The molecule has 5 heteroatoms. The standard InChI is InChI=1S/C36H67NO3S/c1-3-5-7-9-11-13-14-15-16-17-18-19-20-21-23-24-26-28-31-35-32-30-34-37(41(38,39)40)36(35)33-29-27-25-22-12-10-8-6-4-2/h30,32,34H,3-29,31,33H2,1-2H3/p+1. The first-order chi connectivity index (χ1) is 20.0. The van der Waals surface area contributed by atoms with Crippen LogP contribution in [0.4, 0.5) is 0 Å². The molecule has 240 valence electrons. The van der Waals surface area contributed by atoms with Gasteiger partial charge in [-0.3, -0.25) is 0 Å². The Morgan fingerprint density at radius 2 is 0.829 bits per heavy atom. The molecule has 1 heterocycles. The predicted molar refractivity (Wildman–Crippen MR) is 177 cm³/mol. The van der Waals surface area contributed by atoms with Crippen molar-refractivity contribution in [2.45, 2.75) is 200 Å². The minimum Gasteiger partial charge on any atom is -0.233 e. The molecule has 0 unspecified atom stereocenters. The van der Waals surface area contributed by atoms with Gasteiger partial charge in [-0.25, -0.2) is 4.55 Å². The molecule has 0 radical (unpaired) electrons. The van der Waals surface area contributed by atoms with E-state index in [0.29, 0.717) is 6.42 Å². The van der Waals surface area contributed by atoms with Crippen molar-refractivity contribution in [1.82, 2.24) is 0 Å². The molecule has 0 aromatic carbocycles. The van der Waals surface area contributed by atoms with Gasteiger partial charge in [0.15, 0.2) is 6.20 Å². The molecule has 4 nitrogen and oxygen atoms in total. The Morgan fingerprint density at radius 3 is 1.17 bits per heavy atom. The number of unbranched alkanes of at least 4 members (excludes halogenated alkanes) is 25. The van der Waals surface area contributed by atoms with Gasteiger partial charge in [0.1, 0.15) is 0 Å². The van der Waals surface area contributed by atoms with Crippen LogP contribution in [0, 0.1) is 0 Å². The minimum absolute atomic E-state index is 0.713. The zero-order chi connectivity index (χ0) is 29.9. The lowest BCUT2D eigenvalue weighted by Gasteiger charge is -2.08. The van der Waals surface area contributed by atoms with E-state index in [1.54, 1.807) is 6.07 Å². The van der Waals surface area contributed by atoms with E-state index in [1.165, 1.54) is 160 Å². The van der Waals surface area contributed by atoms with Crippen LogP contribution in [0.25, 0.3) is 0 Å². The maximum absolute atomic E-state index is 12.0. The molecular formula is C36H68NO3S+. The fourth-order valence-corrected chi connectivity index (χ4v) is 6.81. The lowest BCUT2D eigenvalue weighted by molar-refractivity contribution is -0.529. The molecule has 0 amide bonds. The zero-order valence-corrected chi connectivity index (χ0v) is 28.2. The number of aromatic nitrogens is 1. The third kappa shape index (κ3) is 21.4. The molecule has 0 atom stereocenters. The topological polar surface area (TPSA) is 58.2 Å². The SMILES string of the molecule is CCCCCCCCCCCCCCCCCCCCc1ccc[n+](S(=O)(=O)O)c1CCCCCCCCCCC. The van der Waals surface area contributed by atoms with Crippen LogP contribution < -0.4 is 3.97 Å². The molecule has 0 bridgehead atoms. The normalized spacial score (nSPS) is 11.9. The Bertz CT molecular complexity index is 824. The minimum atomic E-state index is -4.26. The van der Waals surface area contributed by atoms with Crippen molar-refractivity contribution in [3.8, 4) is 0 Å². The fraction of sp³-hybridized carbons (Fsp3) is 0.861. The molecule has 0 saturated carbocycles. The van der Waals surface area contributed by atoms with Gasteiger partial charge in [0.2, 0.25) is 5.69 Å². The third-order valence-corrected chi connectivity index (χ3v) is 9.56. The first kappa shape index (κ1) is 38.1. The lowest BCUT2D eigenvalue weighted by atomic mass is 10.00. The van der Waals surface area contributed by atoms with Gasteiger partial charge in [0.05, 0.1) is 0 Å². The van der Waals surface area contributed by atoms with E-state index in [-0.39, 0.29) is 0 Å². The molecule has 1 rings (SSSR count). The average molecular weight is 595 g/mol. The maximum Gasteiger partial charge on any atom is 0.511 e. The van der Waals surface area contributed by atoms with E-state index in [1.807, 2.05) is 0 Å². The van der Waals surface area contributed by atoms with Gasteiger partial charge in [-0.1, -0.05) is 178 Å². The quantitative estimate of drug-likeness (QED) is 0.0547.